The molecule has 0 radical (unpaired) electrons. The van der Waals surface area contributed by atoms with Crippen LogP contribution < -0.4 is 9.47 Å². The summed E-state index contributed by atoms with van der Waals surface area (Å²) < 4.78 is 48.9. The lowest BCUT2D eigenvalue weighted by atomic mass is 10.1. The number of benzene rings is 1. The second kappa shape index (κ2) is 7.40. The highest BCUT2D eigenvalue weighted by molar-refractivity contribution is 5.40. The molecule has 1 aromatic rings. The van der Waals surface area contributed by atoms with Gasteiger partial charge in [-0.1, -0.05) is 0 Å². The number of alkyl halides is 3. The maximum Gasteiger partial charge on any atom is 0.403 e. The average molecular weight is 332 g/mol. The maximum atomic E-state index is 12.8. The van der Waals surface area contributed by atoms with Gasteiger partial charge in [0.2, 0.25) is 0 Å². The largest absolute Gasteiger partial charge is 0.497 e. The second-order valence-corrected chi connectivity index (χ2v) is 5.71. The maximum absolute atomic E-state index is 12.8. The van der Waals surface area contributed by atoms with Crippen LogP contribution >= 0.6 is 0 Å². The Balaban J connectivity index is 1.97. The number of hydrogen-bond donors (Lipinski definition) is 0. The monoisotopic (exact) mass is 332 g/mol. The van der Waals surface area contributed by atoms with E-state index >= 15 is 0 Å². The minimum atomic E-state index is -4.17. The Morgan fingerprint density at radius 1 is 1.09 bits per heavy atom. The quantitative estimate of drug-likeness (QED) is 0.828. The topological polar surface area (TPSA) is 24.9 Å². The van der Waals surface area contributed by atoms with E-state index in [9.17, 15) is 13.2 Å². The molecule has 130 valence electrons. The van der Waals surface area contributed by atoms with Crippen LogP contribution in [0.15, 0.2) is 18.2 Å². The molecule has 1 atom stereocenters. The van der Waals surface area contributed by atoms with E-state index in [-0.39, 0.29) is 0 Å². The Morgan fingerprint density at radius 3 is 2.26 bits per heavy atom. The SMILES string of the molecule is COc1ccc(OC)c(CN2CCN(C(C)C(F)(F)F)CC2)c1. The molecular weight excluding hydrogens is 309 g/mol. The zero-order valence-corrected chi connectivity index (χ0v) is 13.7. The molecule has 1 saturated heterocycles. The van der Waals surface area contributed by atoms with E-state index in [4.69, 9.17) is 9.47 Å². The third kappa shape index (κ3) is 4.51. The fourth-order valence-electron chi connectivity index (χ4n) is 2.76. The average Bonchev–Trinajstić information content (AvgIpc) is 2.54. The summed E-state index contributed by atoms with van der Waals surface area (Å²) in [6, 6.07) is 4.18. The summed E-state index contributed by atoms with van der Waals surface area (Å²) in [6.07, 6.45) is -4.17. The van der Waals surface area contributed by atoms with Gasteiger partial charge in [0.1, 0.15) is 17.5 Å². The molecule has 23 heavy (non-hydrogen) atoms. The van der Waals surface area contributed by atoms with E-state index in [2.05, 4.69) is 4.90 Å². The lowest BCUT2D eigenvalue weighted by Gasteiger charge is -2.38. The minimum Gasteiger partial charge on any atom is -0.497 e. The Hall–Kier alpha value is -1.47. The van der Waals surface area contributed by atoms with Crippen molar-refractivity contribution in [3.63, 3.8) is 0 Å². The van der Waals surface area contributed by atoms with Gasteiger partial charge < -0.3 is 9.47 Å². The van der Waals surface area contributed by atoms with Crippen LogP contribution in [0.1, 0.15) is 12.5 Å². The first-order valence-corrected chi connectivity index (χ1v) is 7.59. The van der Waals surface area contributed by atoms with Crippen molar-refractivity contribution < 1.29 is 22.6 Å². The van der Waals surface area contributed by atoms with Crippen molar-refractivity contribution in [1.82, 2.24) is 9.80 Å². The third-order valence-electron chi connectivity index (χ3n) is 4.31. The predicted octanol–water partition coefficient (Wildman–Crippen LogP) is 2.77. The predicted molar refractivity (Wildman–Crippen MR) is 81.9 cm³/mol. The Morgan fingerprint density at radius 2 is 1.74 bits per heavy atom. The van der Waals surface area contributed by atoms with Crippen molar-refractivity contribution in [2.45, 2.75) is 25.7 Å². The number of ether oxygens (including phenoxy) is 2. The summed E-state index contributed by atoms with van der Waals surface area (Å²) >= 11 is 0. The van der Waals surface area contributed by atoms with Crippen molar-refractivity contribution in [3.8, 4) is 11.5 Å². The van der Waals surface area contributed by atoms with Gasteiger partial charge in [0.25, 0.3) is 0 Å². The first-order chi connectivity index (χ1) is 10.8. The van der Waals surface area contributed by atoms with Gasteiger partial charge in [0.05, 0.1) is 14.2 Å². The normalized spacial score (nSPS) is 18.7. The lowest BCUT2D eigenvalue weighted by Crippen LogP contribution is -2.53. The second-order valence-electron chi connectivity index (χ2n) is 5.71. The Bertz CT molecular complexity index is 515. The molecule has 7 heteroatoms. The van der Waals surface area contributed by atoms with Crippen molar-refractivity contribution >= 4 is 0 Å². The minimum absolute atomic E-state index is 0.410. The highest BCUT2D eigenvalue weighted by Crippen LogP contribution is 2.27. The molecule has 1 unspecified atom stereocenters. The zero-order valence-electron chi connectivity index (χ0n) is 13.7. The molecule has 2 rings (SSSR count). The van der Waals surface area contributed by atoms with Crippen LogP contribution in [-0.2, 0) is 6.54 Å². The van der Waals surface area contributed by atoms with Crippen molar-refractivity contribution in [2.75, 3.05) is 40.4 Å². The fourth-order valence-corrected chi connectivity index (χ4v) is 2.76. The van der Waals surface area contributed by atoms with Crippen molar-refractivity contribution in [2.24, 2.45) is 0 Å². The molecular formula is C16H23F3N2O2. The Labute approximate surface area is 134 Å². The van der Waals surface area contributed by atoms with E-state index in [0.29, 0.717) is 32.7 Å². The molecule has 1 heterocycles. The van der Waals surface area contributed by atoms with Crippen LogP contribution in [0.4, 0.5) is 13.2 Å². The number of hydrogen-bond acceptors (Lipinski definition) is 4. The van der Waals surface area contributed by atoms with Gasteiger partial charge in [-0.15, -0.1) is 0 Å². The van der Waals surface area contributed by atoms with Gasteiger partial charge in [-0.2, -0.15) is 13.2 Å². The van der Waals surface area contributed by atoms with Gasteiger partial charge in [0, 0.05) is 38.3 Å². The van der Waals surface area contributed by atoms with Crippen molar-refractivity contribution in [1.29, 1.82) is 0 Å². The highest BCUT2D eigenvalue weighted by Gasteiger charge is 2.40. The van der Waals surface area contributed by atoms with Crippen LogP contribution in [0.2, 0.25) is 0 Å². The zero-order chi connectivity index (χ0) is 17.0. The third-order valence-corrected chi connectivity index (χ3v) is 4.31. The van der Waals surface area contributed by atoms with E-state index in [0.717, 1.165) is 17.1 Å². The van der Waals surface area contributed by atoms with Crippen molar-refractivity contribution in [3.05, 3.63) is 23.8 Å². The first kappa shape index (κ1) is 17.9. The van der Waals surface area contributed by atoms with E-state index in [1.165, 1.54) is 11.8 Å². The molecule has 1 aromatic carbocycles. The number of rotatable bonds is 5. The first-order valence-electron chi connectivity index (χ1n) is 7.59. The van der Waals surface area contributed by atoms with Gasteiger partial charge >= 0.3 is 6.18 Å². The van der Waals surface area contributed by atoms with Crippen LogP contribution in [-0.4, -0.2) is 62.4 Å². The lowest BCUT2D eigenvalue weighted by molar-refractivity contribution is -0.182. The van der Waals surface area contributed by atoms with Gasteiger partial charge in [-0.25, -0.2) is 0 Å². The molecule has 0 bridgehead atoms. The standard InChI is InChI=1S/C16H23F3N2O2/c1-12(16(17,18)19)21-8-6-20(7-9-21)11-13-10-14(22-2)4-5-15(13)23-3/h4-5,10,12H,6-9,11H2,1-3H3. The molecule has 0 amide bonds. The molecule has 0 aromatic heterocycles. The van der Waals surface area contributed by atoms with Crippen LogP contribution in [0.5, 0.6) is 11.5 Å². The van der Waals surface area contributed by atoms with Gasteiger partial charge in [0.15, 0.2) is 0 Å². The highest BCUT2D eigenvalue weighted by atomic mass is 19.4. The van der Waals surface area contributed by atoms with Gasteiger partial charge in [-0.05, 0) is 25.1 Å². The number of halogens is 3. The van der Waals surface area contributed by atoms with E-state index in [1.54, 1.807) is 14.2 Å². The molecule has 0 N–H and O–H groups in total. The van der Waals surface area contributed by atoms with Gasteiger partial charge in [-0.3, -0.25) is 9.80 Å². The summed E-state index contributed by atoms with van der Waals surface area (Å²) in [5, 5.41) is 0. The molecule has 1 aliphatic rings. The summed E-state index contributed by atoms with van der Waals surface area (Å²) in [6.45, 7) is 3.87. The molecule has 1 aliphatic heterocycles. The molecule has 4 nitrogen and oxygen atoms in total. The summed E-state index contributed by atoms with van der Waals surface area (Å²) in [5.41, 5.74) is 0.976. The fraction of sp³-hybridized carbons (Fsp3) is 0.625. The number of methoxy groups -OCH3 is 2. The Kier molecular flexibility index (Phi) is 5.75. The summed E-state index contributed by atoms with van der Waals surface area (Å²) in [4.78, 5) is 3.62. The smallest absolute Gasteiger partial charge is 0.403 e. The summed E-state index contributed by atoms with van der Waals surface area (Å²) in [5.74, 6) is 1.50. The molecule has 0 aliphatic carbocycles. The summed E-state index contributed by atoms with van der Waals surface area (Å²) in [7, 11) is 3.21. The molecule has 1 fully saturated rings. The number of piperazine rings is 1. The molecule has 0 spiro atoms. The number of nitrogens with zero attached hydrogens (tertiary/aromatic N) is 2. The van der Waals surface area contributed by atoms with Crippen LogP contribution in [0.3, 0.4) is 0 Å². The van der Waals surface area contributed by atoms with E-state index < -0.39 is 12.2 Å². The van der Waals surface area contributed by atoms with Crippen LogP contribution in [0.25, 0.3) is 0 Å². The van der Waals surface area contributed by atoms with Crippen LogP contribution in [0, 0.1) is 0 Å². The van der Waals surface area contributed by atoms with E-state index in [1.807, 2.05) is 18.2 Å². The molecule has 0 saturated carbocycles.